The summed E-state index contributed by atoms with van der Waals surface area (Å²) in [5.74, 6) is 1.87. The number of rotatable bonds is 5. The van der Waals surface area contributed by atoms with Gasteiger partial charge in [0.15, 0.2) is 17.5 Å². The molecule has 4 nitrogen and oxygen atoms in total. The quantitative estimate of drug-likeness (QED) is 0.173. The molecule has 0 unspecified atom stereocenters. The Hall–Kier alpha value is -7.77. The molecule has 14 rings (SSSR count). The van der Waals surface area contributed by atoms with Crippen molar-refractivity contribution >= 4 is 85.0 Å². The Kier molecular flexibility index (Phi) is 8.04. The normalized spacial score (nSPS) is 13.1. The van der Waals surface area contributed by atoms with Crippen molar-refractivity contribution in [3.05, 3.63) is 199 Å². The minimum Gasteiger partial charge on any atom is -0.456 e. The van der Waals surface area contributed by atoms with Gasteiger partial charge in [0.2, 0.25) is 0 Å². The lowest BCUT2D eigenvalue weighted by Gasteiger charge is -2.21. The van der Waals surface area contributed by atoms with Crippen LogP contribution in [0, 0.1) is 0 Å². The number of fused-ring (bicyclic) bond motifs is 12. The minimum atomic E-state index is -0.157. The molecule has 4 aromatic heterocycles. The number of hydrogen-bond acceptors (Lipinski definition) is 6. The van der Waals surface area contributed by atoms with Crippen LogP contribution in [0.2, 0.25) is 0 Å². The molecule has 310 valence electrons. The van der Waals surface area contributed by atoms with E-state index in [1.54, 1.807) is 0 Å². The minimum absolute atomic E-state index is 0.157. The Labute approximate surface area is 388 Å². The van der Waals surface area contributed by atoms with Crippen LogP contribution in [-0.2, 0) is 5.41 Å². The van der Waals surface area contributed by atoms with E-state index in [4.69, 9.17) is 19.4 Å². The third-order valence-corrected chi connectivity index (χ3v) is 16.0. The van der Waals surface area contributed by atoms with Gasteiger partial charge in [0, 0.05) is 73.2 Å². The molecule has 0 saturated carbocycles. The fraction of sp³-hybridized carbons (Fsp3) is 0.0500. The molecule has 13 aromatic rings. The molecular formula is C60H37N3OS2. The van der Waals surface area contributed by atoms with Crippen LogP contribution >= 0.6 is 22.7 Å². The first-order valence-electron chi connectivity index (χ1n) is 22.3. The summed E-state index contributed by atoms with van der Waals surface area (Å²) in [6.07, 6.45) is 0. The van der Waals surface area contributed by atoms with E-state index in [-0.39, 0.29) is 5.41 Å². The zero-order chi connectivity index (χ0) is 43.7. The largest absolute Gasteiger partial charge is 0.456 e. The summed E-state index contributed by atoms with van der Waals surface area (Å²) in [6, 6.07) is 67.7. The van der Waals surface area contributed by atoms with Crippen molar-refractivity contribution in [2.24, 2.45) is 0 Å². The highest BCUT2D eigenvalue weighted by Crippen LogP contribution is 2.50. The van der Waals surface area contributed by atoms with Crippen molar-refractivity contribution in [1.29, 1.82) is 0 Å². The molecule has 0 spiro atoms. The Balaban J connectivity index is 0.920. The molecule has 0 aliphatic heterocycles. The van der Waals surface area contributed by atoms with Gasteiger partial charge in [0.25, 0.3) is 0 Å². The van der Waals surface area contributed by atoms with Gasteiger partial charge in [-0.05, 0) is 99.1 Å². The molecule has 0 fully saturated rings. The first-order chi connectivity index (χ1) is 32.4. The average Bonchev–Trinajstić information content (AvgIpc) is 4.11. The van der Waals surface area contributed by atoms with E-state index in [2.05, 4.69) is 172 Å². The van der Waals surface area contributed by atoms with Crippen molar-refractivity contribution in [3.8, 4) is 67.5 Å². The molecule has 0 amide bonds. The van der Waals surface area contributed by atoms with Crippen LogP contribution in [0.1, 0.15) is 25.0 Å². The second-order valence-corrected chi connectivity index (χ2v) is 20.1. The number of benzene rings is 9. The summed E-state index contributed by atoms with van der Waals surface area (Å²) < 4.78 is 11.8. The summed E-state index contributed by atoms with van der Waals surface area (Å²) >= 11 is 3.71. The molecule has 1 aliphatic rings. The van der Waals surface area contributed by atoms with Crippen molar-refractivity contribution in [3.63, 3.8) is 0 Å². The highest BCUT2D eigenvalue weighted by molar-refractivity contribution is 7.26. The molecule has 0 saturated heterocycles. The van der Waals surface area contributed by atoms with Gasteiger partial charge in [0.05, 0.1) is 0 Å². The van der Waals surface area contributed by atoms with Gasteiger partial charge >= 0.3 is 0 Å². The average molecular weight is 880 g/mol. The van der Waals surface area contributed by atoms with E-state index < -0.39 is 0 Å². The van der Waals surface area contributed by atoms with E-state index in [0.717, 1.165) is 44.2 Å². The lowest BCUT2D eigenvalue weighted by molar-refractivity contribution is 0.660. The number of furan rings is 1. The Morgan fingerprint density at radius 2 is 0.985 bits per heavy atom. The lowest BCUT2D eigenvalue weighted by Crippen LogP contribution is -2.15. The third-order valence-electron chi connectivity index (χ3n) is 13.8. The Bertz CT molecular complexity index is 4160. The standard InChI is InChI=1S/C60H37N3OS2/c1-60(2)47-18-8-6-14-40(47)41-26-23-38(32-48(41)60)58-61-57(34-12-4-3-5-13-34)62-59(63-58)44-17-10-19-50-55(44)45-31-37(24-28-49(45)64-50)39-16-11-21-53-56(39)46-30-35(25-29-52(46)65-53)36-22-27-43-42-15-7-9-20-51(42)66-54(43)33-36/h3-33H,1-2H3. The van der Waals surface area contributed by atoms with Crippen molar-refractivity contribution < 1.29 is 4.42 Å². The van der Waals surface area contributed by atoms with Gasteiger partial charge in [-0.3, -0.25) is 0 Å². The zero-order valence-corrected chi connectivity index (χ0v) is 37.6. The van der Waals surface area contributed by atoms with E-state index in [0.29, 0.717) is 17.5 Å². The van der Waals surface area contributed by atoms with Gasteiger partial charge in [-0.1, -0.05) is 147 Å². The molecule has 0 N–H and O–H groups in total. The van der Waals surface area contributed by atoms with E-state index >= 15 is 0 Å². The molecule has 66 heavy (non-hydrogen) atoms. The molecule has 0 radical (unpaired) electrons. The van der Waals surface area contributed by atoms with Gasteiger partial charge in [-0.25, -0.2) is 15.0 Å². The van der Waals surface area contributed by atoms with Crippen LogP contribution in [0.3, 0.4) is 0 Å². The van der Waals surface area contributed by atoms with Crippen LogP contribution in [0.15, 0.2) is 192 Å². The summed E-state index contributed by atoms with van der Waals surface area (Å²) in [5, 5.41) is 7.18. The van der Waals surface area contributed by atoms with Gasteiger partial charge in [-0.2, -0.15) is 0 Å². The van der Waals surface area contributed by atoms with Crippen molar-refractivity contribution in [2.45, 2.75) is 19.3 Å². The molecular weight excluding hydrogens is 843 g/mol. The Morgan fingerprint density at radius 1 is 0.348 bits per heavy atom. The van der Waals surface area contributed by atoms with Gasteiger partial charge < -0.3 is 4.42 Å². The van der Waals surface area contributed by atoms with Crippen molar-refractivity contribution in [2.75, 3.05) is 0 Å². The maximum atomic E-state index is 6.63. The van der Waals surface area contributed by atoms with Crippen LogP contribution in [0.5, 0.6) is 0 Å². The molecule has 0 bridgehead atoms. The number of hydrogen-bond donors (Lipinski definition) is 0. The fourth-order valence-corrected chi connectivity index (χ4v) is 12.8. The van der Waals surface area contributed by atoms with Crippen LogP contribution in [0.25, 0.3) is 130 Å². The zero-order valence-electron chi connectivity index (χ0n) is 36.0. The monoisotopic (exact) mass is 879 g/mol. The second kappa shape index (κ2) is 14.1. The van der Waals surface area contributed by atoms with Crippen molar-refractivity contribution in [1.82, 2.24) is 15.0 Å². The van der Waals surface area contributed by atoms with Crippen LogP contribution < -0.4 is 0 Å². The highest BCUT2D eigenvalue weighted by Gasteiger charge is 2.35. The SMILES string of the molecule is CC1(C)c2ccccc2-c2ccc(-c3nc(-c4ccccc4)nc(-c4cccc5oc6ccc(-c7cccc8sc9ccc(-c%10ccc%11c(c%10)sc%10ccccc%10%11)cc9c78)cc6c45)n3)cc21. The maximum absolute atomic E-state index is 6.63. The van der Waals surface area contributed by atoms with Crippen LogP contribution in [0.4, 0.5) is 0 Å². The van der Waals surface area contributed by atoms with E-state index in [9.17, 15) is 0 Å². The fourth-order valence-electron chi connectivity index (χ4n) is 10.5. The van der Waals surface area contributed by atoms with E-state index in [1.807, 2.05) is 53.0 Å². The second-order valence-electron chi connectivity index (χ2n) is 17.9. The predicted molar refractivity (Wildman–Crippen MR) is 278 cm³/mol. The first kappa shape index (κ1) is 37.6. The van der Waals surface area contributed by atoms with Gasteiger partial charge in [0.1, 0.15) is 11.2 Å². The third kappa shape index (κ3) is 5.65. The predicted octanol–water partition coefficient (Wildman–Crippen LogP) is 17.1. The number of nitrogens with zero attached hydrogens (tertiary/aromatic N) is 3. The smallest absolute Gasteiger partial charge is 0.164 e. The summed E-state index contributed by atoms with van der Waals surface area (Å²) in [7, 11) is 0. The first-order valence-corrected chi connectivity index (χ1v) is 24.0. The molecule has 6 heteroatoms. The summed E-state index contributed by atoms with van der Waals surface area (Å²) in [4.78, 5) is 15.7. The van der Waals surface area contributed by atoms with E-state index in [1.165, 1.54) is 79.3 Å². The summed E-state index contributed by atoms with van der Waals surface area (Å²) in [6.45, 7) is 4.61. The van der Waals surface area contributed by atoms with Crippen LogP contribution in [-0.4, -0.2) is 15.0 Å². The molecule has 4 heterocycles. The highest BCUT2D eigenvalue weighted by atomic mass is 32.1. The Morgan fingerprint density at radius 3 is 1.91 bits per heavy atom. The molecule has 0 atom stereocenters. The van der Waals surface area contributed by atoms with Gasteiger partial charge in [-0.15, -0.1) is 22.7 Å². The lowest BCUT2D eigenvalue weighted by atomic mass is 9.82. The molecule has 1 aliphatic carbocycles. The molecule has 9 aromatic carbocycles. The summed E-state index contributed by atoms with van der Waals surface area (Å²) in [5.41, 5.74) is 14.2. The number of thiophene rings is 2. The number of aromatic nitrogens is 3. The maximum Gasteiger partial charge on any atom is 0.164 e. The topological polar surface area (TPSA) is 51.8 Å².